The van der Waals surface area contributed by atoms with Crippen LogP contribution in [0.5, 0.6) is 5.75 Å². The monoisotopic (exact) mass is 356 g/mol. The molecule has 25 heavy (non-hydrogen) atoms. The lowest BCUT2D eigenvalue weighted by Crippen LogP contribution is -2.30. The number of ether oxygens (including phenoxy) is 2. The van der Waals surface area contributed by atoms with Gasteiger partial charge in [0.25, 0.3) is 0 Å². The molecule has 1 aromatic carbocycles. The summed E-state index contributed by atoms with van der Waals surface area (Å²) in [4.78, 5) is 0. The van der Waals surface area contributed by atoms with E-state index in [4.69, 9.17) is 9.47 Å². The standard InChI is InChI=1S/C18H21F3O2.C2H6/c1-12-16-9-15(23-11-18(19,20)21)4-3-13(16)10-17(12)7-5-14(22-2)6-8-17;1-2/h3-4,9,14H,1,5-8,10-11H2,2H3;1-2H3. The number of halogens is 3. The summed E-state index contributed by atoms with van der Waals surface area (Å²) in [5, 5.41) is 0. The second-order valence-corrected chi connectivity index (χ2v) is 6.59. The Balaban J connectivity index is 0.00000109. The minimum atomic E-state index is -4.32. The highest BCUT2D eigenvalue weighted by Crippen LogP contribution is 2.54. The molecule has 2 nitrogen and oxygen atoms in total. The number of methoxy groups -OCH3 is 1. The Labute approximate surface area is 148 Å². The summed E-state index contributed by atoms with van der Waals surface area (Å²) >= 11 is 0. The zero-order valence-electron chi connectivity index (χ0n) is 15.2. The fourth-order valence-corrected chi connectivity index (χ4v) is 3.86. The van der Waals surface area contributed by atoms with Crippen molar-refractivity contribution >= 4 is 5.57 Å². The van der Waals surface area contributed by atoms with Crippen LogP contribution in [0.1, 0.15) is 50.7 Å². The van der Waals surface area contributed by atoms with Crippen LogP contribution in [0.15, 0.2) is 24.8 Å². The van der Waals surface area contributed by atoms with Crippen LogP contribution in [-0.4, -0.2) is 26.0 Å². The lowest BCUT2D eigenvalue weighted by Gasteiger charge is -2.37. The summed E-state index contributed by atoms with van der Waals surface area (Å²) in [6, 6.07) is 5.21. The van der Waals surface area contributed by atoms with Crippen LogP contribution in [0.2, 0.25) is 0 Å². The van der Waals surface area contributed by atoms with E-state index < -0.39 is 12.8 Å². The normalized spacial score (nSPS) is 25.4. The predicted octanol–water partition coefficient (Wildman–Crippen LogP) is 5.80. The van der Waals surface area contributed by atoms with Gasteiger partial charge in [-0.25, -0.2) is 0 Å². The van der Waals surface area contributed by atoms with Gasteiger partial charge in [-0.05, 0) is 66.4 Å². The van der Waals surface area contributed by atoms with Gasteiger partial charge in [-0.15, -0.1) is 0 Å². The van der Waals surface area contributed by atoms with Crippen LogP contribution in [0.4, 0.5) is 13.2 Å². The van der Waals surface area contributed by atoms with E-state index in [1.807, 2.05) is 19.9 Å². The summed E-state index contributed by atoms with van der Waals surface area (Å²) in [5.74, 6) is 0.254. The number of allylic oxidation sites excluding steroid dienone is 1. The molecule has 0 saturated heterocycles. The van der Waals surface area contributed by atoms with Gasteiger partial charge >= 0.3 is 6.18 Å². The molecule has 0 amide bonds. The van der Waals surface area contributed by atoms with Gasteiger partial charge in [0.15, 0.2) is 6.61 Å². The number of fused-ring (bicyclic) bond motifs is 1. The van der Waals surface area contributed by atoms with Crippen LogP contribution in [-0.2, 0) is 11.2 Å². The van der Waals surface area contributed by atoms with Gasteiger partial charge in [0.2, 0.25) is 0 Å². The van der Waals surface area contributed by atoms with Crippen molar-refractivity contribution in [2.45, 2.75) is 58.2 Å². The molecule has 3 rings (SSSR count). The highest BCUT2D eigenvalue weighted by Gasteiger charge is 2.43. The van der Waals surface area contributed by atoms with E-state index in [0.717, 1.165) is 48.8 Å². The number of alkyl halides is 3. The first kappa shape index (κ1) is 19.8. The molecule has 1 spiro atoms. The molecule has 2 aliphatic rings. The van der Waals surface area contributed by atoms with Crippen LogP contribution < -0.4 is 4.74 Å². The van der Waals surface area contributed by atoms with Crippen molar-refractivity contribution < 1.29 is 22.6 Å². The van der Waals surface area contributed by atoms with E-state index in [-0.39, 0.29) is 11.2 Å². The second-order valence-electron chi connectivity index (χ2n) is 6.59. The zero-order chi connectivity index (χ0) is 18.7. The second kappa shape index (κ2) is 7.81. The molecule has 1 aromatic rings. The highest BCUT2D eigenvalue weighted by molar-refractivity contribution is 5.77. The Morgan fingerprint density at radius 2 is 1.84 bits per heavy atom. The Morgan fingerprint density at radius 3 is 2.40 bits per heavy atom. The van der Waals surface area contributed by atoms with Gasteiger partial charge in [0, 0.05) is 7.11 Å². The third-order valence-electron chi connectivity index (χ3n) is 5.20. The van der Waals surface area contributed by atoms with Gasteiger partial charge in [0.1, 0.15) is 5.75 Å². The maximum absolute atomic E-state index is 12.3. The number of hydrogen-bond acceptors (Lipinski definition) is 2. The molecule has 5 heteroatoms. The maximum Gasteiger partial charge on any atom is 0.422 e. The van der Waals surface area contributed by atoms with Crippen LogP contribution in [0.25, 0.3) is 5.57 Å². The van der Waals surface area contributed by atoms with E-state index in [9.17, 15) is 13.2 Å². The summed E-state index contributed by atoms with van der Waals surface area (Å²) in [5.41, 5.74) is 3.20. The molecule has 0 bridgehead atoms. The average Bonchev–Trinajstić information content (AvgIpc) is 2.87. The van der Waals surface area contributed by atoms with Gasteiger partial charge in [-0.1, -0.05) is 26.5 Å². The molecular weight excluding hydrogens is 329 g/mol. The molecule has 0 unspecified atom stereocenters. The predicted molar refractivity (Wildman–Crippen MR) is 93.8 cm³/mol. The lowest BCUT2D eigenvalue weighted by atomic mass is 9.69. The molecule has 140 valence electrons. The van der Waals surface area contributed by atoms with Crippen LogP contribution in [0, 0.1) is 5.41 Å². The van der Waals surface area contributed by atoms with Crippen molar-refractivity contribution in [1.29, 1.82) is 0 Å². The molecule has 1 saturated carbocycles. The van der Waals surface area contributed by atoms with Crippen LogP contribution >= 0.6 is 0 Å². The van der Waals surface area contributed by atoms with Crippen molar-refractivity contribution in [3.63, 3.8) is 0 Å². The average molecular weight is 356 g/mol. The minimum Gasteiger partial charge on any atom is -0.484 e. The van der Waals surface area contributed by atoms with Crippen molar-refractivity contribution in [2.24, 2.45) is 5.41 Å². The number of rotatable bonds is 3. The van der Waals surface area contributed by atoms with E-state index in [2.05, 4.69) is 6.58 Å². The summed E-state index contributed by atoms with van der Waals surface area (Å²) in [6.07, 6.45) is 0.924. The molecule has 0 radical (unpaired) electrons. The fraction of sp³-hybridized carbons (Fsp3) is 0.600. The quantitative estimate of drug-likeness (QED) is 0.681. The first-order valence-corrected chi connectivity index (χ1v) is 8.88. The Morgan fingerprint density at radius 1 is 1.20 bits per heavy atom. The molecule has 0 heterocycles. The van der Waals surface area contributed by atoms with Gasteiger partial charge < -0.3 is 9.47 Å². The van der Waals surface area contributed by atoms with Crippen LogP contribution in [0.3, 0.4) is 0 Å². The molecule has 0 aliphatic heterocycles. The van der Waals surface area contributed by atoms with E-state index in [1.54, 1.807) is 19.2 Å². The topological polar surface area (TPSA) is 18.5 Å². The number of benzene rings is 1. The van der Waals surface area contributed by atoms with Gasteiger partial charge in [-0.2, -0.15) is 13.2 Å². The largest absolute Gasteiger partial charge is 0.484 e. The van der Waals surface area contributed by atoms with E-state index in [1.165, 1.54) is 0 Å². The minimum absolute atomic E-state index is 0.0417. The lowest BCUT2D eigenvalue weighted by molar-refractivity contribution is -0.153. The Hall–Kier alpha value is -1.49. The van der Waals surface area contributed by atoms with E-state index >= 15 is 0 Å². The first-order valence-electron chi connectivity index (χ1n) is 8.88. The van der Waals surface area contributed by atoms with Gasteiger partial charge in [0.05, 0.1) is 6.10 Å². The summed E-state index contributed by atoms with van der Waals surface area (Å²) in [7, 11) is 1.74. The number of hydrogen-bond donors (Lipinski definition) is 0. The molecular formula is C20H27F3O2. The highest BCUT2D eigenvalue weighted by atomic mass is 19.4. The van der Waals surface area contributed by atoms with Crippen molar-refractivity contribution in [3.05, 3.63) is 35.9 Å². The molecule has 2 aliphatic carbocycles. The molecule has 0 N–H and O–H groups in total. The molecule has 0 aromatic heterocycles. The van der Waals surface area contributed by atoms with Crippen molar-refractivity contribution in [1.82, 2.24) is 0 Å². The van der Waals surface area contributed by atoms with Crippen molar-refractivity contribution in [3.8, 4) is 5.75 Å². The fourth-order valence-electron chi connectivity index (χ4n) is 3.86. The SMILES string of the molecule is C=C1c2cc(OCC(F)(F)F)ccc2CC12CCC(OC)CC2.CC. The Kier molecular flexibility index (Phi) is 6.20. The first-order chi connectivity index (χ1) is 11.8. The zero-order valence-corrected chi connectivity index (χ0v) is 15.2. The van der Waals surface area contributed by atoms with Gasteiger partial charge in [-0.3, -0.25) is 0 Å². The molecule has 0 atom stereocenters. The smallest absolute Gasteiger partial charge is 0.422 e. The van der Waals surface area contributed by atoms with Crippen molar-refractivity contribution in [2.75, 3.05) is 13.7 Å². The summed E-state index contributed by atoms with van der Waals surface area (Å²) < 4.78 is 47.2. The third-order valence-corrected chi connectivity index (χ3v) is 5.20. The third kappa shape index (κ3) is 4.38. The summed E-state index contributed by atoms with van der Waals surface area (Å²) in [6.45, 7) is 6.99. The van der Waals surface area contributed by atoms with E-state index in [0.29, 0.717) is 6.10 Å². The Bertz CT molecular complexity index is 599. The molecule has 1 fully saturated rings. The maximum atomic E-state index is 12.3.